The molecule has 204 valence electrons. The van der Waals surface area contributed by atoms with Crippen LogP contribution in [0.25, 0.3) is 31.8 Å². The van der Waals surface area contributed by atoms with Crippen molar-refractivity contribution >= 4 is 56.0 Å². The van der Waals surface area contributed by atoms with Gasteiger partial charge in [0, 0.05) is 17.7 Å². The minimum Gasteiger partial charge on any atom is -0.484 e. The normalized spacial score (nSPS) is 14.3. The quantitative estimate of drug-likeness (QED) is 0.271. The summed E-state index contributed by atoms with van der Waals surface area (Å²) in [7, 11) is 3.04. The minimum atomic E-state index is -1.15. The van der Waals surface area contributed by atoms with Crippen molar-refractivity contribution in [2.24, 2.45) is 0 Å². The van der Waals surface area contributed by atoms with Crippen LogP contribution in [0.1, 0.15) is 5.56 Å². The number of methoxy groups -OCH3 is 2. The van der Waals surface area contributed by atoms with Crippen molar-refractivity contribution < 1.29 is 28.8 Å². The lowest BCUT2D eigenvalue weighted by atomic mass is 10.1. The zero-order valence-electron chi connectivity index (χ0n) is 21.5. The third-order valence-corrected chi connectivity index (χ3v) is 7.69. The number of ether oxygens (including phenoxy) is 4. The maximum Gasteiger partial charge on any atom is 0.411 e. The van der Waals surface area contributed by atoms with Gasteiger partial charge in [-0.1, -0.05) is 11.6 Å². The summed E-state index contributed by atoms with van der Waals surface area (Å²) in [6.07, 6.45) is 1.27. The number of pyridine rings is 1. The molecule has 0 spiro atoms. The number of aromatic nitrogens is 4. The maximum absolute atomic E-state index is 12.0. The summed E-state index contributed by atoms with van der Waals surface area (Å²) in [5.41, 5.74) is 4.16. The minimum absolute atomic E-state index is 0.0177. The van der Waals surface area contributed by atoms with Gasteiger partial charge >= 0.3 is 6.09 Å². The molecule has 3 aromatic heterocycles. The summed E-state index contributed by atoms with van der Waals surface area (Å²) < 4.78 is 23.3. The van der Waals surface area contributed by atoms with E-state index in [1.807, 2.05) is 19.1 Å². The number of halogens is 1. The Morgan fingerprint density at radius 2 is 1.95 bits per heavy atom. The van der Waals surface area contributed by atoms with Crippen LogP contribution in [0, 0.1) is 6.92 Å². The number of benzene rings is 2. The van der Waals surface area contributed by atoms with Crippen molar-refractivity contribution in [1.29, 1.82) is 0 Å². The molecule has 4 heterocycles. The van der Waals surface area contributed by atoms with Crippen molar-refractivity contribution in [1.82, 2.24) is 19.9 Å². The molecule has 5 aromatic rings. The van der Waals surface area contributed by atoms with Crippen LogP contribution in [0.5, 0.6) is 23.3 Å². The third kappa shape index (κ3) is 4.65. The lowest BCUT2D eigenvalue weighted by Gasteiger charge is -2.30. The fourth-order valence-electron chi connectivity index (χ4n) is 4.48. The first-order valence-electron chi connectivity index (χ1n) is 12.1. The van der Waals surface area contributed by atoms with Crippen molar-refractivity contribution in [2.45, 2.75) is 13.0 Å². The van der Waals surface area contributed by atoms with Gasteiger partial charge in [0.15, 0.2) is 17.6 Å². The largest absolute Gasteiger partial charge is 0.484 e. The van der Waals surface area contributed by atoms with Crippen LogP contribution in [-0.2, 0) is 0 Å². The van der Waals surface area contributed by atoms with Crippen LogP contribution >= 0.6 is 22.9 Å². The number of aryl methyl sites for hydroxylation is 1. The van der Waals surface area contributed by atoms with E-state index in [-0.39, 0.29) is 13.2 Å². The summed E-state index contributed by atoms with van der Waals surface area (Å²) in [6, 6.07) is 8.80. The third-order valence-electron chi connectivity index (χ3n) is 6.32. The van der Waals surface area contributed by atoms with Crippen LogP contribution < -0.4 is 23.8 Å². The lowest BCUT2D eigenvalue weighted by molar-refractivity contribution is 0.0962. The number of nitrogens with zero attached hydrogens (tertiary/aromatic N) is 5. The molecule has 0 aliphatic carbocycles. The van der Waals surface area contributed by atoms with E-state index in [4.69, 9.17) is 35.5 Å². The molecule has 13 heteroatoms. The molecule has 1 atom stereocenters. The second-order valence-electron chi connectivity index (χ2n) is 8.98. The number of hydrogen-bond acceptors (Lipinski definition) is 10. The van der Waals surface area contributed by atoms with Gasteiger partial charge in [-0.25, -0.2) is 24.7 Å². The van der Waals surface area contributed by atoms with Gasteiger partial charge in [0.25, 0.3) is 0 Å². The van der Waals surface area contributed by atoms with Gasteiger partial charge in [0.1, 0.15) is 21.8 Å². The highest BCUT2D eigenvalue weighted by Gasteiger charge is 2.30. The van der Waals surface area contributed by atoms with Crippen molar-refractivity contribution in [3.8, 4) is 33.8 Å². The van der Waals surface area contributed by atoms with Crippen LogP contribution in [0.15, 0.2) is 42.7 Å². The number of rotatable bonds is 6. The molecule has 2 aromatic carbocycles. The standard InChI is InChI=1S/C27H22ClN5O6S/c1-13-6-16(22-18(7-13)31-21(37-3)10-30-22)26-32-23-17(28)8-19-24(25(23)40-26)38-12-15(39-19)11-33(27(34)35)14-4-5-20(36-2)29-9-14/h4-10,15H,11-12H2,1-3H3,(H,34,35)/t15-/m0/s1. The highest BCUT2D eigenvalue weighted by atomic mass is 35.5. The smallest absolute Gasteiger partial charge is 0.411 e. The Bertz CT molecular complexity index is 1760. The fraction of sp³-hybridized carbons (Fsp3) is 0.222. The van der Waals surface area contributed by atoms with Gasteiger partial charge < -0.3 is 24.1 Å². The molecule has 1 N–H and O–H groups in total. The highest BCUT2D eigenvalue weighted by molar-refractivity contribution is 7.22. The fourth-order valence-corrected chi connectivity index (χ4v) is 5.87. The number of thiazole rings is 1. The molecule has 1 aliphatic rings. The zero-order valence-corrected chi connectivity index (χ0v) is 23.1. The Morgan fingerprint density at radius 3 is 2.67 bits per heavy atom. The average Bonchev–Trinajstić information content (AvgIpc) is 3.41. The topological polar surface area (TPSA) is 129 Å². The van der Waals surface area contributed by atoms with Gasteiger partial charge in [0.2, 0.25) is 11.8 Å². The molecule has 40 heavy (non-hydrogen) atoms. The van der Waals surface area contributed by atoms with Crippen LogP contribution in [0.2, 0.25) is 5.02 Å². The molecule has 1 amide bonds. The number of anilines is 1. The molecule has 0 saturated heterocycles. The first kappa shape index (κ1) is 25.8. The van der Waals surface area contributed by atoms with Gasteiger partial charge in [-0.2, -0.15) is 0 Å². The summed E-state index contributed by atoms with van der Waals surface area (Å²) >= 11 is 8.06. The predicted octanol–water partition coefficient (Wildman–Crippen LogP) is 5.60. The van der Waals surface area contributed by atoms with Gasteiger partial charge in [-0.15, -0.1) is 11.3 Å². The number of amides is 1. The first-order valence-corrected chi connectivity index (χ1v) is 13.3. The molecule has 6 rings (SSSR count). The summed E-state index contributed by atoms with van der Waals surface area (Å²) in [5.74, 6) is 1.74. The Hall–Kier alpha value is -4.42. The van der Waals surface area contributed by atoms with E-state index in [0.29, 0.717) is 55.5 Å². The lowest BCUT2D eigenvalue weighted by Crippen LogP contribution is -2.43. The molecule has 0 unspecified atom stereocenters. The monoisotopic (exact) mass is 579 g/mol. The molecule has 1 aliphatic heterocycles. The van der Waals surface area contributed by atoms with E-state index in [1.165, 1.54) is 24.6 Å². The second kappa shape index (κ2) is 10.3. The highest BCUT2D eigenvalue weighted by Crippen LogP contribution is 2.47. The maximum atomic E-state index is 12.0. The molecule has 0 saturated carbocycles. The Labute approximate surface area is 236 Å². The first-order chi connectivity index (χ1) is 19.3. The van der Waals surface area contributed by atoms with Crippen LogP contribution in [-0.4, -0.2) is 64.6 Å². The molecular formula is C27H22ClN5O6S. The molecule has 0 bridgehead atoms. The Morgan fingerprint density at radius 1 is 1.12 bits per heavy atom. The summed E-state index contributed by atoms with van der Waals surface area (Å²) in [5, 5.41) is 10.9. The number of fused-ring (bicyclic) bond motifs is 4. The van der Waals surface area contributed by atoms with E-state index in [1.54, 1.807) is 31.5 Å². The van der Waals surface area contributed by atoms with Crippen molar-refractivity contribution in [2.75, 3.05) is 32.3 Å². The SMILES string of the molecule is COc1ccc(N(C[C@H]2COc3c(cc(Cl)c4nc(-c5cc(C)cc6nc(OC)cnc56)sc34)O2)C(=O)O)cn1. The van der Waals surface area contributed by atoms with E-state index in [2.05, 4.69) is 15.0 Å². The number of carbonyl (C=O) groups is 1. The van der Waals surface area contributed by atoms with Crippen LogP contribution in [0.4, 0.5) is 10.5 Å². The van der Waals surface area contributed by atoms with Gasteiger partial charge in [0.05, 0.1) is 54.9 Å². The summed E-state index contributed by atoms with van der Waals surface area (Å²) in [6.45, 7) is 2.12. The molecule has 11 nitrogen and oxygen atoms in total. The molecular weight excluding hydrogens is 558 g/mol. The van der Waals surface area contributed by atoms with Crippen LogP contribution in [0.3, 0.4) is 0 Å². The summed E-state index contributed by atoms with van der Waals surface area (Å²) in [4.78, 5) is 31.2. The number of carboxylic acid groups (broad SMARTS) is 1. The predicted molar refractivity (Wildman–Crippen MR) is 151 cm³/mol. The van der Waals surface area contributed by atoms with Crippen molar-refractivity contribution in [3.05, 3.63) is 53.3 Å². The average molecular weight is 580 g/mol. The van der Waals surface area contributed by atoms with E-state index in [9.17, 15) is 9.90 Å². The second-order valence-corrected chi connectivity index (χ2v) is 10.4. The van der Waals surface area contributed by atoms with E-state index in [0.717, 1.165) is 20.7 Å². The Balaban J connectivity index is 1.33. The van der Waals surface area contributed by atoms with Gasteiger partial charge in [-0.05, 0) is 30.7 Å². The zero-order chi connectivity index (χ0) is 28.0. The molecule has 0 fully saturated rings. The van der Waals surface area contributed by atoms with Crippen molar-refractivity contribution in [3.63, 3.8) is 0 Å². The van der Waals surface area contributed by atoms with E-state index >= 15 is 0 Å². The van der Waals surface area contributed by atoms with E-state index < -0.39 is 12.2 Å². The van der Waals surface area contributed by atoms with Gasteiger partial charge in [-0.3, -0.25) is 4.90 Å². The number of hydrogen-bond donors (Lipinski definition) is 1. The Kier molecular flexibility index (Phi) is 6.64. The molecule has 0 radical (unpaired) electrons.